The van der Waals surface area contributed by atoms with Crippen molar-refractivity contribution in [2.75, 3.05) is 14.2 Å². The molecule has 1 aliphatic rings. The van der Waals surface area contributed by atoms with Crippen molar-refractivity contribution >= 4 is 57.5 Å². The van der Waals surface area contributed by atoms with Crippen LogP contribution in [0.1, 0.15) is 35.3 Å². The van der Waals surface area contributed by atoms with E-state index >= 15 is 0 Å². The molecule has 0 N–H and O–H groups in total. The molecule has 3 heterocycles. The number of esters is 1. The van der Waals surface area contributed by atoms with E-state index in [1.807, 2.05) is 42.5 Å². The van der Waals surface area contributed by atoms with Gasteiger partial charge in [0.05, 0.1) is 30.0 Å². The predicted octanol–water partition coefficient (Wildman–Crippen LogP) is 6.04. The number of para-hydroxylation sites is 1. The number of hydrogen-bond acceptors (Lipinski definition) is 6. The maximum absolute atomic E-state index is 14.2. The van der Waals surface area contributed by atoms with Gasteiger partial charge in [0.1, 0.15) is 11.8 Å². The first-order valence-corrected chi connectivity index (χ1v) is 15.1. The number of hydrogen-bond donors (Lipinski definition) is 0. The highest BCUT2D eigenvalue weighted by Crippen LogP contribution is 2.37. The largest absolute Gasteiger partial charge is 0.496 e. The molecule has 0 amide bonds. The number of benzene rings is 3. The average molecular weight is 633 g/mol. The van der Waals surface area contributed by atoms with Gasteiger partial charge in [-0.25, -0.2) is 9.79 Å². The van der Waals surface area contributed by atoms with Crippen molar-refractivity contribution in [3.63, 3.8) is 0 Å². The van der Waals surface area contributed by atoms with Crippen LogP contribution in [0.2, 0.25) is 10.0 Å². The highest BCUT2D eigenvalue weighted by Gasteiger charge is 2.35. The third-order valence-electron chi connectivity index (χ3n) is 7.72. The average Bonchev–Trinajstić information content (AvgIpc) is 3.45. The Bertz CT molecular complexity index is 2120. The predicted molar refractivity (Wildman–Crippen MR) is 171 cm³/mol. The fourth-order valence-electron chi connectivity index (χ4n) is 5.65. The first kappa shape index (κ1) is 29.0. The molecule has 0 fully saturated rings. The van der Waals surface area contributed by atoms with Gasteiger partial charge in [0, 0.05) is 44.3 Å². The number of ether oxygens (including phenoxy) is 2. The minimum atomic E-state index is -0.841. The quantitative estimate of drug-likeness (QED) is 0.214. The minimum Gasteiger partial charge on any atom is -0.496 e. The SMILES string of the molecule is COC(=O)C1=C(C)N=c2s/c(=C\c3c(C)n(Cc4ccc(Cl)cc4)c4ccccc34)c(=O)n2[C@@H]1c1cc(Cl)ccc1OC. The molecule has 0 aliphatic carbocycles. The number of allylic oxidation sites excluding steroid dienone is 1. The van der Waals surface area contributed by atoms with Crippen LogP contribution in [-0.2, 0) is 16.1 Å². The topological polar surface area (TPSA) is 74.8 Å². The van der Waals surface area contributed by atoms with Crippen molar-refractivity contribution in [1.29, 1.82) is 0 Å². The lowest BCUT2D eigenvalue weighted by Gasteiger charge is -2.25. The summed E-state index contributed by atoms with van der Waals surface area (Å²) in [4.78, 5) is 32.5. The molecule has 10 heteroatoms. The molecule has 1 atom stereocenters. The fourth-order valence-corrected chi connectivity index (χ4v) is 6.99. The Balaban J connectivity index is 1.57. The van der Waals surface area contributed by atoms with Gasteiger partial charge in [0.15, 0.2) is 4.80 Å². The molecular formula is C33H27Cl2N3O4S. The fraction of sp³-hybridized carbons (Fsp3) is 0.182. The Morgan fingerprint density at radius 3 is 2.47 bits per heavy atom. The highest BCUT2D eigenvalue weighted by atomic mass is 35.5. The van der Waals surface area contributed by atoms with Crippen molar-refractivity contribution in [2.45, 2.75) is 26.4 Å². The lowest BCUT2D eigenvalue weighted by molar-refractivity contribution is -0.136. The monoisotopic (exact) mass is 631 g/mol. The number of aromatic nitrogens is 2. The number of carbonyl (C=O) groups excluding carboxylic acids is 1. The standard InChI is InChI=1S/C33H27Cl2N3O4S/c1-18-29(32(40)42-4)30(25-15-22(35)13-14-27(25)41-3)38-31(39)28(43-33(38)36-18)16-24-19(2)37(26-8-6-5-7-23(24)26)17-20-9-11-21(34)12-10-20/h5-16,30H,17H2,1-4H3/b28-16-/t30-/m1/s1. The normalized spacial score (nSPS) is 15.0. The summed E-state index contributed by atoms with van der Waals surface area (Å²) in [6.45, 7) is 4.44. The van der Waals surface area contributed by atoms with Gasteiger partial charge < -0.3 is 14.0 Å². The van der Waals surface area contributed by atoms with E-state index in [0.29, 0.717) is 42.9 Å². The molecule has 0 spiro atoms. The molecule has 1 aliphatic heterocycles. The number of fused-ring (bicyclic) bond motifs is 2. The van der Waals surface area contributed by atoms with Crippen LogP contribution >= 0.6 is 34.5 Å². The van der Waals surface area contributed by atoms with Gasteiger partial charge >= 0.3 is 5.97 Å². The van der Waals surface area contributed by atoms with Crippen LogP contribution in [0, 0.1) is 6.92 Å². The molecule has 0 radical (unpaired) electrons. The minimum absolute atomic E-state index is 0.248. The Kier molecular flexibility index (Phi) is 7.77. The molecule has 0 unspecified atom stereocenters. The number of halogens is 2. The molecule has 6 rings (SSSR count). The van der Waals surface area contributed by atoms with E-state index in [1.54, 1.807) is 25.1 Å². The Labute approximate surface area is 261 Å². The molecule has 43 heavy (non-hydrogen) atoms. The second-order valence-electron chi connectivity index (χ2n) is 10.2. The van der Waals surface area contributed by atoms with Crippen LogP contribution in [0.15, 0.2) is 87.8 Å². The molecule has 0 saturated carbocycles. The molecule has 0 bridgehead atoms. The first-order chi connectivity index (χ1) is 20.7. The van der Waals surface area contributed by atoms with E-state index in [0.717, 1.165) is 27.7 Å². The van der Waals surface area contributed by atoms with Crippen LogP contribution in [0.25, 0.3) is 17.0 Å². The summed E-state index contributed by atoms with van der Waals surface area (Å²) in [5.74, 6) is -0.0927. The summed E-state index contributed by atoms with van der Waals surface area (Å²) in [5.41, 5.74) is 5.11. The van der Waals surface area contributed by atoms with Crippen molar-refractivity contribution in [1.82, 2.24) is 9.13 Å². The molecule has 3 aromatic carbocycles. The Hall–Kier alpha value is -4.11. The van der Waals surface area contributed by atoms with Crippen LogP contribution in [-0.4, -0.2) is 29.3 Å². The van der Waals surface area contributed by atoms with Crippen molar-refractivity contribution in [3.8, 4) is 5.75 Å². The number of nitrogens with zero attached hydrogens (tertiary/aromatic N) is 3. The van der Waals surface area contributed by atoms with Gasteiger partial charge in [-0.05, 0) is 61.9 Å². The van der Waals surface area contributed by atoms with E-state index in [-0.39, 0.29) is 11.1 Å². The van der Waals surface area contributed by atoms with Crippen molar-refractivity contribution < 1.29 is 14.3 Å². The van der Waals surface area contributed by atoms with E-state index in [2.05, 4.69) is 28.6 Å². The molecule has 5 aromatic rings. The zero-order chi connectivity index (χ0) is 30.4. The summed E-state index contributed by atoms with van der Waals surface area (Å²) in [6.07, 6.45) is 1.92. The van der Waals surface area contributed by atoms with E-state index < -0.39 is 12.0 Å². The molecule has 2 aromatic heterocycles. The first-order valence-electron chi connectivity index (χ1n) is 13.5. The molecule has 7 nitrogen and oxygen atoms in total. The molecule has 218 valence electrons. The number of rotatable bonds is 6. The van der Waals surface area contributed by atoms with E-state index in [9.17, 15) is 9.59 Å². The van der Waals surface area contributed by atoms with Gasteiger partial charge in [0.25, 0.3) is 5.56 Å². The summed E-state index contributed by atoms with van der Waals surface area (Å²) in [5, 5.41) is 2.16. The van der Waals surface area contributed by atoms with E-state index in [4.69, 9.17) is 32.7 Å². The molecule has 0 saturated heterocycles. The second kappa shape index (κ2) is 11.5. The maximum atomic E-state index is 14.2. The second-order valence-corrected chi connectivity index (χ2v) is 12.1. The lowest BCUT2D eigenvalue weighted by atomic mass is 9.95. The zero-order valence-corrected chi connectivity index (χ0v) is 26.2. The van der Waals surface area contributed by atoms with Crippen LogP contribution in [0.4, 0.5) is 0 Å². The summed E-state index contributed by atoms with van der Waals surface area (Å²) in [7, 11) is 2.84. The Morgan fingerprint density at radius 2 is 1.74 bits per heavy atom. The smallest absolute Gasteiger partial charge is 0.338 e. The van der Waals surface area contributed by atoms with Crippen LogP contribution in [0.5, 0.6) is 5.75 Å². The van der Waals surface area contributed by atoms with Crippen LogP contribution < -0.4 is 19.6 Å². The third-order valence-corrected chi connectivity index (χ3v) is 9.19. The molecular weight excluding hydrogens is 605 g/mol. The lowest BCUT2D eigenvalue weighted by Crippen LogP contribution is -2.40. The van der Waals surface area contributed by atoms with Gasteiger partial charge in [0.2, 0.25) is 0 Å². The number of thiazole rings is 1. The van der Waals surface area contributed by atoms with Gasteiger partial charge in [-0.2, -0.15) is 0 Å². The van der Waals surface area contributed by atoms with Crippen molar-refractivity contribution in [2.24, 2.45) is 4.99 Å². The van der Waals surface area contributed by atoms with Crippen LogP contribution in [0.3, 0.4) is 0 Å². The number of methoxy groups -OCH3 is 2. The van der Waals surface area contributed by atoms with Gasteiger partial charge in [-0.1, -0.05) is 64.9 Å². The summed E-state index contributed by atoms with van der Waals surface area (Å²) in [6, 6.07) is 20.2. The summed E-state index contributed by atoms with van der Waals surface area (Å²) < 4.78 is 15.0. The summed E-state index contributed by atoms with van der Waals surface area (Å²) >= 11 is 13.8. The van der Waals surface area contributed by atoms with Gasteiger partial charge in [-0.15, -0.1) is 0 Å². The van der Waals surface area contributed by atoms with Crippen molar-refractivity contribution in [3.05, 3.63) is 130 Å². The highest BCUT2D eigenvalue weighted by molar-refractivity contribution is 7.07. The zero-order valence-electron chi connectivity index (χ0n) is 23.9. The Morgan fingerprint density at radius 1 is 1.02 bits per heavy atom. The van der Waals surface area contributed by atoms with E-state index in [1.165, 1.54) is 30.1 Å². The number of carbonyl (C=O) groups is 1. The van der Waals surface area contributed by atoms with Gasteiger partial charge in [-0.3, -0.25) is 9.36 Å². The maximum Gasteiger partial charge on any atom is 0.338 e. The third kappa shape index (κ3) is 5.09.